The zero-order chi connectivity index (χ0) is 13.8. The van der Waals surface area contributed by atoms with Crippen LogP contribution in [0.4, 0.5) is 6.01 Å². The Morgan fingerprint density at radius 2 is 2.11 bits per heavy atom. The molecular weight excluding hydrogens is 226 g/mol. The standard InChI is InChI=1S/C14H27N3O/c1-7-8-15-9-12-10-18-13(16-12)17(6)11(2)14(3,4)5/h10-11,15H,7-9H2,1-6H3. The smallest absolute Gasteiger partial charge is 0.297 e. The van der Waals surface area contributed by atoms with Crippen molar-refractivity contribution in [2.45, 2.75) is 53.6 Å². The van der Waals surface area contributed by atoms with Gasteiger partial charge in [0.25, 0.3) is 6.01 Å². The zero-order valence-corrected chi connectivity index (χ0v) is 12.6. The molecule has 4 heteroatoms. The van der Waals surface area contributed by atoms with Crippen LogP contribution < -0.4 is 10.2 Å². The predicted octanol–water partition coefficient (Wildman–Crippen LogP) is 3.05. The minimum atomic E-state index is 0.198. The Kier molecular flexibility index (Phi) is 5.20. The summed E-state index contributed by atoms with van der Waals surface area (Å²) < 4.78 is 5.55. The second kappa shape index (κ2) is 6.23. The van der Waals surface area contributed by atoms with Gasteiger partial charge in [-0.25, -0.2) is 0 Å². The van der Waals surface area contributed by atoms with Crippen LogP contribution in [-0.4, -0.2) is 24.6 Å². The normalized spacial score (nSPS) is 13.7. The molecule has 4 nitrogen and oxygen atoms in total. The lowest BCUT2D eigenvalue weighted by molar-refractivity contribution is 0.318. The number of rotatable bonds is 6. The minimum Gasteiger partial charge on any atom is -0.432 e. The van der Waals surface area contributed by atoms with Crippen LogP contribution in [-0.2, 0) is 6.54 Å². The highest BCUT2D eigenvalue weighted by Crippen LogP contribution is 2.26. The molecule has 0 aliphatic carbocycles. The summed E-state index contributed by atoms with van der Waals surface area (Å²) in [6.07, 6.45) is 2.87. The Morgan fingerprint density at radius 3 is 2.67 bits per heavy atom. The lowest BCUT2D eigenvalue weighted by atomic mass is 9.87. The second-order valence-electron chi connectivity index (χ2n) is 5.95. The Labute approximate surface area is 111 Å². The third kappa shape index (κ3) is 4.02. The molecule has 1 rings (SSSR count). The van der Waals surface area contributed by atoms with Gasteiger partial charge in [-0.05, 0) is 25.3 Å². The summed E-state index contributed by atoms with van der Waals surface area (Å²) in [4.78, 5) is 6.61. The highest BCUT2D eigenvalue weighted by Gasteiger charge is 2.26. The van der Waals surface area contributed by atoms with E-state index < -0.39 is 0 Å². The third-order valence-corrected chi connectivity index (χ3v) is 3.41. The SMILES string of the molecule is CCCNCc1coc(N(C)C(C)C(C)(C)C)n1. The number of hydrogen-bond acceptors (Lipinski definition) is 4. The first-order valence-electron chi connectivity index (χ1n) is 6.74. The number of nitrogens with one attached hydrogen (secondary N) is 1. The minimum absolute atomic E-state index is 0.198. The van der Waals surface area contributed by atoms with Crippen LogP contribution in [0.1, 0.15) is 46.7 Å². The molecule has 0 saturated heterocycles. The van der Waals surface area contributed by atoms with Crippen molar-refractivity contribution in [3.8, 4) is 0 Å². The van der Waals surface area contributed by atoms with E-state index in [-0.39, 0.29) is 5.41 Å². The van der Waals surface area contributed by atoms with E-state index >= 15 is 0 Å². The fraction of sp³-hybridized carbons (Fsp3) is 0.786. The average molecular weight is 253 g/mol. The van der Waals surface area contributed by atoms with Crippen molar-refractivity contribution >= 4 is 6.01 Å². The van der Waals surface area contributed by atoms with Gasteiger partial charge in [0.05, 0.1) is 5.69 Å². The molecule has 0 aromatic carbocycles. The van der Waals surface area contributed by atoms with Gasteiger partial charge in [-0.15, -0.1) is 0 Å². The predicted molar refractivity (Wildman–Crippen MR) is 75.8 cm³/mol. The first-order chi connectivity index (χ1) is 8.36. The van der Waals surface area contributed by atoms with E-state index in [0.29, 0.717) is 12.1 Å². The Bertz CT molecular complexity index is 354. The van der Waals surface area contributed by atoms with E-state index in [1.54, 1.807) is 6.26 Å². The van der Waals surface area contributed by atoms with Crippen LogP contribution in [0.15, 0.2) is 10.7 Å². The Balaban J connectivity index is 2.62. The quantitative estimate of drug-likeness (QED) is 0.791. The molecule has 0 amide bonds. The van der Waals surface area contributed by atoms with Crippen LogP contribution in [0.5, 0.6) is 0 Å². The van der Waals surface area contributed by atoms with Crippen LogP contribution >= 0.6 is 0 Å². The molecule has 0 aliphatic heterocycles. The molecule has 1 atom stereocenters. The fourth-order valence-corrected chi connectivity index (χ4v) is 1.68. The number of hydrogen-bond donors (Lipinski definition) is 1. The molecule has 0 aliphatic rings. The molecule has 0 bridgehead atoms. The van der Waals surface area contributed by atoms with E-state index in [0.717, 1.165) is 25.2 Å². The highest BCUT2D eigenvalue weighted by atomic mass is 16.4. The summed E-state index contributed by atoms with van der Waals surface area (Å²) in [5.74, 6) is 0. The van der Waals surface area contributed by atoms with Gasteiger partial charge in [0, 0.05) is 19.6 Å². The molecule has 1 aromatic heterocycles. The number of anilines is 1. The molecule has 104 valence electrons. The van der Waals surface area contributed by atoms with Crippen LogP contribution in [0, 0.1) is 5.41 Å². The molecule has 0 spiro atoms. The molecule has 1 aromatic rings. The van der Waals surface area contributed by atoms with Crippen molar-refractivity contribution in [3.05, 3.63) is 12.0 Å². The third-order valence-electron chi connectivity index (χ3n) is 3.41. The molecular formula is C14H27N3O. The topological polar surface area (TPSA) is 41.3 Å². The van der Waals surface area contributed by atoms with E-state index in [9.17, 15) is 0 Å². The fourth-order valence-electron chi connectivity index (χ4n) is 1.68. The molecule has 0 fully saturated rings. The van der Waals surface area contributed by atoms with Crippen molar-refractivity contribution in [1.29, 1.82) is 0 Å². The number of aromatic nitrogens is 1. The maximum absolute atomic E-state index is 5.55. The number of oxazole rings is 1. The molecule has 1 unspecified atom stereocenters. The lowest BCUT2D eigenvalue weighted by Crippen LogP contribution is -2.39. The molecule has 1 N–H and O–H groups in total. The molecule has 0 radical (unpaired) electrons. The highest BCUT2D eigenvalue weighted by molar-refractivity contribution is 5.28. The summed E-state index contributed by atoms with van der Waals surface area (Å²) in [6, 6.07) is 1.07. The van der Waals surface area contributed by atoms with Gasteiger partial charge in [0.2, 0.25) is 0 Å². The average Bonchev–Trinajstić information content (AvgIpc) is 2.75. The largest absolute Gasteiger partial charge is 0.432 e. The number of nitrogens with zero attached hydrogens (tertiary/aromatic N) is 2. The molecule has 1 heterocycles. The van der Waals surface area contributed by atoms with Crippen molar-refractivity contribution in [2.24, 2.45) is 5.41 Å². The van der Waals surface area contributed by atoms with Crippen LogP contribution in [0.2, 0.25) is 0 Å². The lowest BCUT2D eigenvalue weighted by Gasteiger charge is -2.34. The van der Waals surface area contributed by atoms with E-state index in [4.69, 9.17) is 4.42 Å². The first kappa shape index (κ1) is 15.0. The van der Waals surface area contributed by atoms with Gasteiger partial charge in [0.15, 0.2) is 0 Å². The van der Waals surface area contributed by atoms with Gasteiger partial charge in [-0.2, -0.15) is 4.98 Å². The monoisotopic (exact) mass is 253 g/mol. The van der Waals surface area contributed by atoms with Crippen molar-refractivity contribution < 1.29 is 4.42 Å². The molecule has 0 saturated carbocycles. The molecule has 18 heavy (non-hydrogen) atoms. The summed E-state index contributed by atoms with van der Waals surface area (Å²) in [5.41, 5.74) is 1.16. The maximum Gasteiger partial charge on any atom is 0.297 e. The van der Waals surface area contributed by atoms with Crippen molar-refractivity contribution in [2.75, 3.05) is 18.5 Å². The van der Waals surface area contributed by atoms with E-state index in [1.165, 1.54) is 0 Å². The van der Waals surface area contributed by atoms with Gasteiger partial charge in [0.1, 0.15) is 6.26 Å². The summed E-state index contributed by atoms with van der Waals surface area (Å²) >= 11 is 0. The summed E-state index contributed by atoms with van der Waals surface area (Å²) in [7, 11) is 2.03. The second-order valence-corrected chi connectivity index (χ2v) is 5.95. The van der Waals surface area contributed by atoms with E-state index in [1.807, 2.05) is 7.05 Å². The Morgan fingerprint density at radius 1 is 1.44 bits per heavy atom. The maximum atomic E-state index is 5.55. The van der Waals surface area contributed by atoms with Crippen molar-refractivity contribution in [1.82, 2.24) is 10.3 Å². The van der Waals surface area contributed by atoms with Gasteiger partial charge >= 0.3 is 0 Å². The van der Waals surface area contributed by atoms with Crippen molar-refractivity contribution in [3.63, 3.8) is 0 Å². The van der Waals surface area contributed by atoms with Gasteiger partial charge < -0.3 is 14.6 Å². The van der Waals surface area contributed by atoms with Crippen LogP contribution in [0.25, 0.3) is 0 Å². The zero-order valence-electron chi connectivity index (χ0n) is 12.6. The Hall–Kier alpha value is -1.03. The first-order valence-corrected chi connectivity index (χ1v) is 6.74. The van der Waals surface area contributed by atoms with E-state index in [2.05, 4.69) is 49.8 Å². The van der Waals surface area contributed by atoms with Crippen LogP contribution in [0.3, 0.4) is 0 Å². The summed E-state index contributed by atoms with van der Waals surface area (Å²) in [6.45, 7) is 12.8. The summed E-state index contributed by atoms with van der Waals surface area (Å²) in [5, 5.41) is 3.32. The van der Waals surface area contributed by atoms with Gasteiger partial charge in [-0.1, -0.05) is 27.7 Å². The van der Waals surface area contributed by atoms with Gasteiger partial charge in [-0.3, -0.25) is 0 Å².